The van der Waals surface area contributed by atoms with Crippen molar-refractivity contribution in [2.24, 2.45) is 11.7 Å². The van der Waals surface area contributed by atoms with Crippen LogP contribution in [0.5, 0.6) is 0 Å². The second-order valence-electron chi connectivity index (χ2n) is 9.41. The summed E-state index contributed by atoms with van der Waals surface area (Å²) < 4.78 is 0. The maximum Gasteiger partial charge on any atom is 0.251 e. The Morgan fingerprint density at radius 1 is 1.03 bits per heavy atom. The van der Waals surface area contributed by atoms with E-state index in [0.717, 1.165) is 31.4 Å². The lowest BCUT2D eigenvalue weighted by atomic mass is 9.87. The van der Waals surface area contributed by atoms with Gasteiger partial charge in [0, 0.05) is 24.7 Å². The summed E-state index contributed by atoms with van der Waals surface area (Å²) >= 11 is 0. The summed E-state index contributed by atoms with van der Waals surface area (Å²) in [4.78, 5) is 40.7. The fourth-order valence-electron chi connectivity index (χ4n) is 4.93. The van der Waals surface area contributed by atoms with E-state index >= 15 is 0 Å². The number of nitrogens with one attached hydrogen (secondary N) is 1. The lowest BCUT2D eigenvalue weighted by Crippen LogP contribution is -2.50. The summed E-state index contributed by atoms with van der Waals surface area (Å²) in [5.74, 6) is 0.294. The number of nitrogens with two attached hydrogens (primary N) is 1. The number of carbonyl (C=O) groups excluding carboxylic acids is 3. The van der Waals surface area contributed by atoms with Crippen molar-refractivity contribution in [3.8, 4) is 0 Å². The largest absolute Gasteiger partial charge is 0.369 e. The van der Waals surface area contributed by atoms with Crippen LogP contribution in [0.25, 0.3) is 0 Å². The van der Waals surface area contributed by atoms with E-state index in [4.69, 9.17) is 5.73 Å². The standard InChI is InChI=1S/C25H38N4O3/c1-19-7-5-6-10-22(19)25(32)27-21-12-15-29(16-13-21)24(31)18-28(17-23(26)30)14-11-20-8-3-2-4-9-20/h5-7,10,20-21H,2-4,8-9,11-18H2,1H3,(H2,26,30)(H,27,32). The molecule has 32 heavy (non-hydrogen) atoms. The maximum atomic E-state index is 12.9. The average molecular weight is 443 g/mol. The van der Waals surface area contributed by atoms with Crippen LogP contribution in [0.3, 0.4) is 0 Å². The Morgan fingerprint density at radius 2 is 1.72 bits per heavy atom. The van der Waals surface area contributed by atoms with Crippen molar-refractivity contribution in [2.45, 2.75) is 64.3 Å². The molecular weight excluding hydrogens is 404 g/mol. The van der Waals surface area contributed by atoms with E-state index in [-0.39, 0.29) is 36.9 Å². The third kappa shape index (κ3) is 7.33. The summed E-state index contributed by atoms with van der Waals surface area (Å²) in [6.45, 7) is 4.26. The molecule has 7 nitrogen and oxygen atoms in total. The molecule has 0 atom stereocenters. The minimum Gasteiger partial charge on any atom is -0.369 e. The lowest BCUT2D eigenvalue weighted by Gasteiger charge is -2.34. The predicted octanol–water partition coefficient (Wildman–Crippen LogP) is 2.47. The van der Waals surface area contributed by atoms with Gasteiger partial charge in [0.1, 0.15) is 0 Å². The monoisotopic (exact) mass is 442 g/mol. The number of aryl methyl sites for hydroxylation is 1. The third-order valence-electron chi connectivity index (χ3n) is 6.89. The van der Waals surface area contributed by atoms with Crippen LogP contribution in [0.1, 0.15) is 67.3 Å². The van der Waals surface area contributed by atoms with Crippen LogP contribution in [-0.4, -0.2) is 66.3 Å². The summed E-state index contributed by atoms with van der Waals surface area (Å²) in [7, 11) is 0. The predicted molar refractivity (Wildman–Crippen MR) is 125 cm³/mol. The van der Waals surface area contributed by atoms with E-state index in [0.29, 0.717) is 24.6 Å². The first-order valence-corrected chi connectivity index (χ1v) is 12.1. The molecule has 2 aliphatic rings. The van der Waals surface area contributed by atoms with Crippen LogP contribution in [0, 0.1) is 12.8 Å². The Morgan fingerprint density at radius 3 is 2.38 bits per heavy atom. The van der Waals surface area contributed by atoms with Gasteiger partial charge in [0.2, 0.25) is 11.8 Å². The minimum atomic E-state index is -0.390. The first-order chi connectivity index (χ1) is 15.4. The van der Waals surface area contributed by atoms with Crippen molar-refractivity contribution in [1.82, 2.24) is 15.1 Å². The maximum absolute atomic E-state index is 12.9. The first-order valence-electron chi connectivity index (χ1n) is 12.1. The number of piperidine rings is 1. The van der Waals surface area contributed by atoms with Crippen molar-refractivity contribution < 1.29 is 14.4 Å². The number of carbonyl (C=O) groups is 3. The summed E-state index contributed by atoms with van der Waals surface area (Å²) in [5, 5.41) is 3.11. The van der Waals surface area contributed by atoms with E-state index < -0.39 is 0 Å². The normalized spacial score (nSPS) is 18.0. The van der Waals surface area contributed by atoms with Crippen LogP contribution < -0.4 is 11.1 Å². The fourth-order valence-corrected chi connectivity index (χ4v) is 4.93. The Hall–Kier alpha value is -2.41. The number of hydrogen-bond acceptors (Lipinski definition) is 4. The van der Waals surface area contributed by atoms with Crippen molar-refractivity contribution in [3.05, 3.63) is 35.4 Å². The molecule has 7 heteroatoms. The van der Waals surface area contributed by atoms with Gasteiger partial charge >= 0.3 is 0 Å². The number of amides is 3. The zero-order valence-corrected chi connectivity index (χ0v) is 19.4. The zero-order valence-electron chi connectivity index (χ0n) is 19.4. The number of likely N-dealkylation sites (tertiary alicyclic amines) is 1. The summed E-state index contributed by atoms with van der Waals surface area (Å²) in [6.07, 6.45) is 8.89. The van der Waals surface area contributed by atoms with E-state index in [1.807, 2.05) is 41.0 Å². The molecule has 1 aromatic carbocycles. The highest BCUT2D eigenvalue weighted by Gasteiger charge is 2.26. The first kappa shape index (κ1) is 24.2. The van der Waals surface area contributed by atoms with E-state index in [9.17, 15) is 14.4 Å². The molecule has 2 fully saturated rings. The molecule has 3 N–H and O–H groups in total. The highest BCUT2D eigenvalue weighted by molar-refractivity contribution is 5.95. The van der Waals surface area contributed by atoms with Crippen LogP contribution >= 0.6 is 0 Å². The molecule has 0 spiro atoms. The smallest absolute Gasteiger partial charge is 0.251 e. The highest BCUT2D eigenvalue weighted by atomic mass is 16.2. The SMILES string of the molecule is Cc1ccccc1C(=O)NC1CCN(C(=O)CN(CCC2CCCCC2)CC(N)=O)CC1. The third-order valence-corrected chi connectivity index (χ3v) is 6.89. The molecule has 3 amide bonds. The molecular formula is C25H38N4O3. The van der Waals surface area contributed by atoms with Crippen LogP contribution in [0.4, 0.5) is 0 Å². The second kappa shape index (κ2) is 12.0. The van der Waals surface area contributed by atoms with Gasteiger partial charge in [-0.3, -0.25) is 19.3 Å². The quantitative estimate of drug-likeness (QED) is 0.614. The molecule has 1 aromatic rings. The summed E-state index contributed by atoms with van der Waals surface area (Å²) in [6, 6.07) is 7.63. The highest BCUT2D eigenvalue weighted by Crippen LogP contribution is 2.26. The van der Waals surface area contributed by atoms with E-state index in [2.05, 4.69) is 5.32 Å². The number of hydrogen-bond donors (Lipinski definition) is 2. The van der Waals surface area contributed by atoms with Gasteiger partial charge in [0.05, 0.1) is 13.1 Å². The second-order valence-corrected chi connectivity index (χ2v) is 9.41. The number of rotatable bonds is 9. The van der Waals surface area contributed by atoms with E-state index in [1.54, 1.807) is 0 Å². The van der Waals surface area contributed by atoms with Crippen LogP contribution in [0.2, 0.25) is 0 Å². The molecule has 1 aliphatic heterocycles. The van der Waals surface area contributed by atoms with Gasteiger partial charge in [0.25, 0.3) is 5.91 Å². The van der Waals surface area contributed by atoms with Gasteiger partial charge in [-0.1, -0.05) is 50.3 Å². The Labute approximate surface area is 191 Å². The molecule has 1 aliphatic carbocycles. The molecule has 3 rings (SSSR count). The van der Waals surface area contributed by atoms with Gasteiger partial charge in [-0.2, -0.15) is 0 Å². The van der Waals surface area contributed by atoms with E-state index in [1.165, 1.54) is 32.1 Å². The zero-order chi connectivity index (χ0) is 22.9. The lowest BCUT2D eigenvalue weighted by molar-refractivity contribution is -0.134. The van der Waals surface area contributed by atoms with Crippen molar-refractivity contribution in [3.63, 3.8) is 0 Å². The van der Waals surface area contributed by atoms with Crippen molar-refractivity contribution >= 4 is 17.7 Å². The number of benzene rings is 1. The van der Waals surface area contributed by atoms with Gasteiger partial charge in [-0.15, -0.1) is 0 Å². The fraction of sp³-hybridized carbons (Fsp3) is 0.640. The Kier molecular flexibility index (Phi) is 9.09. The number of nitrogens with zero attached hydrogens (tertiary/aromatic N) is 2. The van der Waals surface area contributed by atoms with Crippen LogP contribution in [-0.2, 0) is 9.59 Å². The Balaban J connectivity index is 1.44. The van der Waals surface area contributed by atoms with Gasteiger partial charge in [-0.25, -0.2) is 0 Å². The Bertz CT molecular complexity index is 783. The average Bonchev–Trinajstić information content (AvgIpc) is 2.78. The summed E-state index contributed by atoms with van der Waals surface area (Å²) in [5.41, 5.74) is 7.09. The van der Waals surface area contributed by atoms with Gasteiger partial charge < -0.3 is 16.0 Å². The molecule has 1 heterocycles. The number of primary amides is 1. The van der Waals surface area contributed by atoms with Crippen LogP contribution in [0.15, 0.2) is 24.3 Å². The topological polar surface area (TPSA) is 95.7 Å². The molecule has 0 aromatic heterocycles. The minimum absolute atomic E-state index is 0.0403. The molecule has 0 bridgehead atoms. The molecule has 176 valence electrons. The molecule has 0 radical (unpaired) electrons. The van der Waals surface area contributed by atoms with Gasteiger partial charge in [0.15, 0.2) is 0 Å². The van der Waals surface area contributed by atoms with Crippen molar-refractivity contribution in [2.75, 3.05) is 32.7 Å². The van der Waals surface area contributed by atoms with Gasteiger partial charge in [-0.05, 0) is 50.3 Å². The molecule has 0 unspecified atom stereocenters. The molecule has 1 saturated heterocycles. The van der Waals surface area contributed by atoms with Crippen molar-refractivity contribution in [1.29, 1.82) is 0 Å². The molecule has 1 saturated carbocycles.